The summed E-state index contributed by atoms with van der Waals surface area (Å²) in [6.07, 6.45) is 1.98. The van der Waals surface area contributed by atoms with Crippen LogP contribution in [0.4, 0.5) is 5.95 Å². The van der Waals surface area contributed by atoms with Gasteiger partial charge in [-0.1, -0.05) is 13.3 Å². The maximum Gasteiger partial charge on any atom is 0.321 e. The molecule has 0 atom stereocenters. The zero-order valence-electron chi connectivity index (χ0n) is 17.2. The van der Waals surface area contributed by atoms with Gasteiger partial charge in [0.25, 0.3) is 0 Å². The Labute approximate surface area is 176 Å². The van der Waals surface area contributed by atoms with Gasteiger partial charge >= 0.3 is 6.01 Å². The zero-order chi connectivity index (χ0) is 21.4. The van der Waals surface area contributed by atoms with Crippen molar-refractivity contribution in [1.82, 2.24) is 19.7 Å². The van der Waals surface area contributed by atoms with Gasteiger partial charge in [0.05, 0.1) is 38.4 Å². The van der Waals surface area contributed by atoms with Crippen LogP contribution in [0.25, 0.3) is 0 Å². The second kappa shape index (κ2) is 10.5. The van der Waals surface area contributed by atoms with Gasteiger partial charge in [0.1, 0.15) is 5.75 Å². The molecule has 0 aliphatic carbocycles. The summed E-state index contributed by atoms with van der Waals surface area (Å²) in [6.45, 7) is 5.04. The molecule has 0 bridgehead atoms. The lowest BCUT2D eigenvalue weighted by atomic mass is 10.3. The molecule has 0 saturated carbocycles. The third kappa shape index (κ3) is 6.00. The number of anilines is 1. The van der Waals surface area contributed by atoms with Gasteiger partial charge in [-0.3, -0.25) is 0 Å². The van der Waals surface area contributed by atoms with E-state index in [1.807, 2.05) is 4.90 Å². The van der Waals surface area contributed by atoms with Crippen LogP contribution in [0.1, 0.15) is 25.6 Å². The number of rotatable bonds is 10. The molecule has 164 valence electrons. The quantitative estimate of drug-likeness (QED) is 0.550. The summed E-state index contributed by atoms with van der Waals surface area (Å²) in [6, 6.07) is 6.45. The highest BCUT2D eigenvalue weighted by atomic mass is 32.2. The Hall–Kier alpha value is -2.50. The van der Waals surface area contributed by atoms with Gasteiger partial charge in [-0.2, -0.15) is 15.0 Å². The first kappa shape index (κ1) is 22.2. The largest absolute Gasteiger partial charge is 0.494 e. The molecule has 0 amide bonds. The maximum absolute atomic E-state index is 12.6. The molecule has 1 aliphatic heterocycles. The minimum absolute atomic E-state index is 0.0900. The lowest BCUT2D eigenvalue weighted by molar-refractivity contribution is 0.122. The maximum atomic E-state index is 12.6. The van der Waals surface area contributed by atoms with E-state index in [0.29, 0.717) is 44.6 Å². The van der Waals surface area contributed by atoms with E-state index >= 15 is 0 Å². The number of hydrogen-bond acceptors (Lipinski definition) is 9. The third-order valence-electron chi connectivity index (χ3n) is 4.45. The standard InChI is InChI=1S/C19H27N5O5S/c1-3-4-11-29-15-5-7-16(8-6-15)30(25,26)20-14-17-21-18(23-19(22-17)27-2)24-9-12-28-13-10-24/h5-8,20H,3-4,9-14H2,1-2H3. The van der Waals surface area contributed by atoms with Gasteiger partial charge in [0, 0.05) is 13.1 Å². The minimum Gasteiger partial charge on any atom is -0.494 e. The Morgan fingerprint density at radius 2 is 1.87 bits per heavy atom. The van der Waals surface area contributed by atoms with Crippen molar-refractivity contribution >= 4 is 16.0 Å². The van der Waals surface area contributed by atoms with Crippen molar-refractivity contribution in [3.05, 3.63) is 30.1 Å². The highest BCUT2D eigenvalue weighted by molar-refractivity contribution is 7.89. The van der Waals surface area contributed by atoms with Gasteiger partial charge in [0.15, 0.2) is 5.82 Å². The van der Waals surface area contributed by atoms with E-state index < -0.39 is 10.0 Å². The number of methoxy groups -OCH3 is 1. The topological polar surface area (TPSA) is 116 Å². The van der Waals surface area contributed by atoms with E-state index in [4.69, 9.17) is 14.2 Å². The fourth-order valence-corrected chi connectivity index (χ4v) is 3.73. The number of aromatic nitrogens is 3. The lowest BCUT2D eigenvalue weighted by Crippen LogP contribution is -2.37. The average Bonchev–Trinajstić information content (AvgIpc) is 2.79. The first-order valence-corrected chi connectivity index (χ1v) is 11.3. The van der Waals surface area contributed by atoms with E-state index in [-0.39, 0.29) is 23.3 Å². The Morgan fingerprint density at radius 3 is 2.53 bits per heavy atom. The summed E-state index contributed by atoms with van der Waals surface area (Å²) < 4.78 is 43.9. The molecular formula is C19H27N5O5S. The SMILES string of the molecule is CCCCOc1ccc(S(=O)(=O)NCc2nc(OC)nc(N3CCOCC3)n2)cc1. The first-order valence-electron chi connectivity index (χ1n) is 9.86. The number of nitrogens with one attached hydrogen (secondary N) is 1. The van der Waals surface area contributed by atoms with Crippen LogP contribution < -0.4 is 19.1 Å². The van der Waals surface area contributed by atoms with Crippen molar-refractivity contribution in [3.8, 4) is 11.8 Å². The van der Waals surface area contributed by atoms with Crippen LogP contribution in [-0.2, 0) is 21.3 Å². The number of benzene rings is 1. The normalized spacial score (nSPS) is 14.5. The van der Waals surface area contributed by atoms with Crippen molar-refractivity contribution in [2.24, 2.45) is 0 Å². The van der Waals surface area contributed by atoms with Crippen molar-refractivity contribution in [3.63, 3.8) is 0 Å². The molecule has 3 rings (SSSR count). The van der Waals surface area contributed by atoms with Gasteiger partial charge in [-0.05, 0) is 30.7 Å². The number of ether oxygens (including phenoxy) is 3. The second-order valence-electron chi connectivity index (χ2n) is 6.64. The van der Waals surface area contributed by atoms with Crippen LogP contribution in [0, 0.1) is 0 Å². The highest BCUT2D eigenvalue weighted by Gasteiger charge is 2.19. The Balaban J connectivity index is 1.67. The van der Waals surface area contributed by atoms with Gasteiger partial charge in [-0.15, -0.1) is 0 Å². The van der Waals surface area contributed by atoms with Crippen LogP contribution in [0.15, 0.2) is 29.2 Å². The molecule has 11 heteroatoms. The third-order valence-corrected chi connectivity index (χ3v) is 5.86. The minimum atomic E-state index is -3.74. The zero-order valence-corrected chi connectivity index (χ0v) is 18.0. The summed E-state index contributed by atoms with van der Waals surface area (Å²) in [5.41, 5.74) is 0. The molecular weight excluding hydrogens is 410 g/mol. The predicted octanol–water partition coefficient (Wildman–Crippen LogP) is 1.37. The van der Waals surface area contributed by atoms with E-state index in [1.165, 1.54) is 19.2 Å². The number of unbranched alkanes of at least 4 members (excludes halogenated alkanes) is 1. The van der Waals surface area contributed by atoms with Gasteiger partial charge in [-0.25, -0.2) is 13.1 Å². The summed E-state index contributed by atoms with van der Waals surface area (Å²) in [4.78, 5) is 14.9. The molecule has 0 radical (unpaired) electrons. The highest BCUT2D eigenvalue weighted by Crippen LogP contribution is 2.17. The van der Waals surface area contributed by atoms with E-state index in [9.17, 15) is 8.42 Å². The Bertz CT molecular complexity index is 917. The van der Waals surface area contributed by atoms with Gasteiger partial charge in [0.2, 0.25) is 16.0 Å². The predicted molar refractivity (Wildman–Crippen MR) is 110 cm³/mol. The molecule has 2 aromatic rings. The van der Waals surface area contributed by atoms with Crippen LogP contribution in [-0.4, -0.2) is 63.4 Å². The molecule has 0 unspecified atom stereocenters. The number of morpholine rings is 1. The molecule has 1 N–H and O–H groups in total. The lowest BCUT2D eigenvalue weighted by Gasteiger charge is -2.26. The Kier molecular flexibility index (Phi) is 7.77. The van der Waals surface area contributed by atoms with Crippen LogP contribution in [0.2, 0.25) is 0 Å². The fourth-order valence-electron chi connectivity index (χ4n) is 2.75. The first-order chi connectivity index (χ1) is 14.5. The molecule has 2 heterocycles. The molecule has 30 heavy (non-hydrogen) atoms. The number of sulfonamides is 1. The van der Waals surface area contributed by atoms with Gasteiger partial charge < -0.3 is 19.1 Å². The molecule has 1 fully saturated rings. The van der Waals surface area contributed by atoms with Crippen molar-refractivity contribution < 1.29 is 22.6 Å². The molecule has 1 aromatic carbocycles. The smallest absolute Gasteiger partial charge is 0.321 e. The Morgan fingerprint density at radius 1 is 1.13 bits per heavy atom. The second-order valence-corrected chi connectivity index (χ2v) is 8.40. The molecule has 1 aromatic heterocycles. The van der Waals surface area contributed by atoms with Crippen molar-refractivity contribution in [2.45, 2.75) is 31.2 Å². The summed E-state index contributed by atoms with van der Waals surface area (Å²) in [7, 11) is -2.28. The monoisotopic (exact) mass is 437 g/mol. The number of hydrogen-bond donors (Lipinski definition) is 1. The van der Waals surface area contributed by atoms with Crippen LogP contribution >= 0.6 is 0 Å². The fraction of sp³-hybridized carbons (Fsp3) is 0.526. The summed E-state index contributed by atoms with van der Waals surface area (Å²) in [5, 5.41) is 0. The average molecular weight is 438 g/mol. The molecule has 10 nitrogen and oxygen atoms in total. The summed E-state index contributed by atoms with van der Waals surface area (Å²) >= 11 is 0. The molecule has 0 spiro atoms. The van der Waals surface area contributed by atoms with Crippen LogP contribution in [0.3, 0.4) is 0 Å². The van der Waals surface area contributed by atoms with Crippen molar-refractivity contribution in [1.29, 1.82) is 0 Å². The van der Waals surface area contributed by atoms with Crippen molar-refractivity contribution in [2.75, 3.05) is 44.9 Å². The van der Waals surface area contributed by atoms with E-state index in [1.54, 1.807) is 12.1 Å². The number of nitrogens with zero attached hydrogens (tertiary/aromatic N) is 4. The van der Waals surface area contributed by atoms with E-state index in [0.717, 1.165) is 12.8 Å². The van der Waals surface area contributed by atoms with Crippen LogP contribution in [0.5, 0.6) is 11.8 Å². The summed E-state index contributed by atoms with van der Waals surface area (Å²) in [5.74, 6) is 1.35. The molecule has 1 aliphatic rings. The molecule has 1 saturated heterocycles. The van der Waals surface area contributed by atoms with E-state index in [2.05, 4.69) is 26.6 Å².